The molecule has 1 aliphatic heterocycles. The van der Waals surface area contributed by atoms with Gasteiger partial charge in [0.15, 0.2) is 24.5 Å². The van der Waals surface area contributed by atoms with Crippen LogP contribution in [0.3, 0.4) is 0 Å². The number of ether oxygens (including phenoxy) is 5. The Kier molecular flexibility index (Phi) is 10.2. The van der Waals surface area contributed by atoms with Crippen molar-refractivity contribution in [3.8, 4) is 0 Å². The average molecular weight is 498 g/mol. The smallest absolute Gasteiger partial charge is 0.330 e. The largest absolute Gasteiger partial charge is 0.462 e. The fraction of sp³-hybridized carbons (Fsp3) is 0.636. The lowest BCUT2D eigenvalue weighted by Gasteiger charge is -2.28. The molecule has 13 heteroatoms. The lowest BCUT2D eigenvalue weighted by Crippen LogP contribution is -2.47. The highest BCUT2D eigenvalue weighted by Crippen LogP contribution is 2.36. The van der Waals surface area contributed by atoms with Gasteiger partial charge in [-0.3, -0.25) is 33.5 Å². The molecular weight excluding hydrogens is 468 g/mol. The van der Waals surface area contributed by atoms with Crippen LogP contribution in [-0.2, 0) is 42.9 Å². The van der Waals surface area contributed by atoms with Crippen LogP contribution in [0.4, 0.5) is 0 Å². The van der Waals surface area contributed by atoms with Crippen molar-refractivity contribution in [1.82, 2.24) is 9.55 Å². The van der Waals surface area contributed by atoms with Crippen molar-refractivity contribution in [2.45, 2.75) is 84.0 Å². The van der Waals surface area contributed by atoms with Crippen molar-refractivity contribution < 1.29 is 42.9 Å². The van der Waals surface area contributed by atoms with Gasteiger partial charge >= 0.3 is 29.6 Å². The number of hydrogen-bond acceptors (Lipinski definition) is 11. The van der Waals surface area contributed by atoms with Crippen LogP contribution in [0.2, 0.25) is 0 Å². The molecule has 0 amide bonds. The molecule has 0 unspecified atom stereocenters. The first kappa shape index (κ1) is 27.8. The minimum absolute atomic E-state index is 0.0125. The van der Waals surface area contributed by atoms with Gasteiger partial charge in [-0.1, -0.05) is 27.7 Å². The molecule has 1 aromatic rings. The van der Waals surface area contributed by atoms with Crippen LogP contribution in [0.1, 0.15) is 59.6 Å². The summed E-state index contributed by atoms with van der Waals surface area (Å²) in [6.45, 7) is 5.77. The van der Waals surface area contributed by atoms with Crippen molar-refractivity contribution >= 4 is 23.9 Å². The van der Waals surface area contributed by atoms with E-state index < -0.39 is 72.4 Å². The average Bonchev–Trinajstić information content (AvgIpc) is 3.17. The van der Waals surface area contributed by atoms with Gasteiger partial charge in [0.1, 0.15) is 12.7 Å². The van der Waals surface area contributed by atoms with Gasteiger partial charge in [0, 0.05) is 37.9 Å². The zero-order valence-corrected chi connectivity index (χ0v) is 20.0. The molecule has 5 atom stereocenters. The Morgan fingerprint density at radius 1 is 0.914 bits per heavy atom. The van der Waals surface area contributed by atoms with E-state index in [1.165, 1.54) is 0 Å². The van der Waals surface area contributed by atoms with Crippen LogP contribution in [-0.4, -0.2) is 64.5 Å². The monoisotopic (exact) mass is 498 g/mol. The third kappa shape index (κ3) is 7.25. The Morgan fingerprint density at radius 3 is 2.03 bits per heavy atom. The van der Waals surface area contributed by atoms with Gasteiger partial charge in [0.2, 0.25) is 0 Å². The molecule has 0 spiro atoms. The molecule has 0 aliphatic carbocycles. The first-order valence-electron chi connectivity index (χ1n) is 11.4. The highest BCUT2D eigenvalue weighted by molar-refractivity contribution is 5.71. The zero-order chi connectivity index (χ0) is 26.1. The zero-order valence-electron chi connectivity index (χ0n) is 20.0. The molecule has 13 nitrogen and oxygen atoms in total. The third-order valence-electron chi connectivity index (χ3n) is 5.10. The van der Waals surface area contributed by atoms with Crippen molar-refractivity contribution in [2.24, 2.45) is 0 Å². The normalized spacial score (nSPS) is 22.2. The maximum absolute atomic E-state index is 12.5. The first-order chi connectivity index (χ1) is 16.6. The fourth-order valence-corrected chi connectivity index (χ4v) is 3.27. The number of nitrogens with zero attached hydrogens (tertiary/aromatic N) is 1. The quantitative estimate of drug-likeness (QED) is 0.330. The number of H-pyrrole nitrogens is 1. The Balaban J connectivity index is 2.56. The number of carbonyl (C=O) groups is 4. The van der Waals surface area contributed by atoms with Crippen LogP contribution >= 0.6 is 0 Å². The molecule has 0 saturated carbocycles. The van der Waals surface area contributed by atoms with E-state index in [9.17, 15) is 28.8 Å². The summed E-state index contributed by atoms with van der Waals surface area (Å²) < 4.78 is 28.5. The molecule has 1 fully saturated rings. The Morgan fingerprint density at radius 2 is 1.49 bits per heavy atom. The maximum atomic E-state index is 12.5. The van der Waals surface area contributed by atoms with E-state index in [1.807, 2.05) is 0 Å². The van der Waals surface area contributed by atoms with Crippen molar-refractivity contribution in [1.29, 1.82) is 0 Å². The molecule has 1 aliphatic rings. The molecule has 35 heavy (non-hydrogen) atoms. The van der Waals surface area contributed by atoms with Crippen LogP contribution in [0, 0.1) is 0 Å². The molecule has 194 valence electrons. The topological polar surface area (TPSA) is 169 Å². The van der Waals surface area contributed by atoms with E-state index in [4.69, 9.17) is 23.7 Å². The molecular formula is C22H30N2O11. The highest BCUT2D eigenvalue weighted by Gasteiger charge is 2.54. The summed E-state index contributed by atoms with van der Waals surface area (Å²) in [6, 6.07) is 1.06. The van der Waals surface area contributed by atoms with Crippen molar-refractivity contribution in [3.63, 3.8) is 0 Å². The molecule has 1 aromatic heterocycles. The fourth-order valence-electron chi connectivity index (χ4n) is 3.27. The van der Waals surface area contributed by atoms with Crippen molar-refractivity contribution in [3.05, 3.63) is 33.1 Å². The van der Waals surface area contributed by atoms with Gasteiger partial charge in [0.05, 0.1) is 0 Å². The van der Waals surface area contributed by atoms with Gasteiger partial charge in [-0.15, -0.1) is 0 Å². The molecule has 0 bridgehead atoms. The summed E-state index contributed by atoms with van der Waals surface area (Å²) in [5, 5.41) is 0. The van der Waals surface area contributed by atoms with Crippen molar-refractivity contribution in [2.75, 3.05) is 6.61 Å². The van der Waals surface area contributed by atoms with Crippen LogP contribution < -0.4 is 11.2 Å². The molecule has 2 rings (SSSR count). The number of carbonyl (C=O) groups excluding carboxylic acids is 4. The minimum atomic E-state index is -1.36. The number of aromatic amines is 1. The maximum Gasteiger partial charge on any atom is 0.330 e. The van der Waals surface area contributed by atoms with Gasteiger partial charge in [0.25, 0.3) is 5.56 Å². The lowest BCUT2D eigenvalue weighted by molar-refractivity contribution is -0.179. The number of hydrogen-bond donors (Lipinski definition) is 1. The molecule has 1 saturated heterocycles. The summed E-state index contributed by atoms with van der Waals surface area (Å²) in [4.78, 5) is 74.5. The highest BCUT2D eigenvalue weighted by atomic mass is 16.7. The Bertz CT molecular complexity index is 1030. The summed E-state index contributed by atoms with van der Waals surface area (Å²) in [6.07, 6.45) is -5.50. The summed E-state index contributed by atoms with van der Waals surface area (Å²) in [5.74, 6) is -2.59. The van der Waals surface area contributed by atoms with Crippen LogP contribution in [0.25, 0.3) is 0 Å². The van der Waals surface area contributed by atoms with Gasteiger partial charge in [-0.2, -0.15) is 0 Å². The Hall–Kier alpha value is -3.48. The Labute approximate surface area is 200 Å². The first-order valence-corrected chi connectivity index (χ1v) is 11.4. The van der Waals surface area contributed by atoms with E-state index in [-0.39, 0.29) is 25.7 Å². The number of esters is 4. The van der Waals surface area contributed by atoms with Crippen LogP contribution in [0.15, 0.2) is 21.9 Å². The predicted octanol–water partition coefficient (Wildman–Crippen LogP) is 0.353. The second-order valence-corrected chi connectivity index (χ2v) is 7.54. The second-order valence-electron chi connectivity index (χ2n) is 7.54. The SMILES string of the molecule is CCC(=O)OC[C@@H](OC(=O)CC)[C@H]1O[C@@H](n2ccc(=O)[nH]c2=O)[C@H](OC(=O)CC)[C@H]1OC(=O)CC. The van der Waals surface area contributed by atoms with E-state index in [0.29, 0.717) is 0 Å². The summed E-state index contributed by atoms with van der Waals surface area (Å²) in [5.41, 5.74) is -1.54. The standard InChI is InChI=1S/C22H30N2O11/c1-5-14(26)31-11-12(32-15(27)6-2)18-19(33-16(28)7-3)20(34-17(29)8-4)21(35-18)24-10-9-13(25)23-22(24)30/h9-10,12,18-21H,5-8,11H2,1-4H3,(H,23,25,30)/t12-,18-,19+,20-,21-/m1/s1. The van der Waals surface area contributed by atoms with Crippen LogP contribution in [0.5, 0.6) is 0 Å². The van der Waals surface area contributed by atoms with E-state index in [0.717, 1.165) is 16.8 Å². The molecule has 2 heterocycles. The lowest BCUT2D eigenvalue weighted by atomic mass is 10.0. The third-order valence-corrected chi connectivity index (χ3v) is 5.10. The van der Waals surface area contributed by atoms with E-state index >= 15 is 0 Å². The minimum Gasteiger partial charge on any atom is -0.462 e. The second kappa shape index (κ2) is 12.8. The number of rotatable bonds is 11. The molecule has 0 radical (unpaired) electrons. The molecule has 0 aromatic carbocycles. The number of aromatic nitrogens is 2. The van der Waals surface area contributed by atoms with Gasteiger partial charge < -0.3 is 23.7 Å². The van der Waals surface area contributed by atoms with E-state index in [2.05, 4.69) is 4.98 Å². The van der Waals surface area contributed by atoms with Gasteiger partial charge in [-0.25, -0.2) is 4.79 Å². The van der Waals surface area contributed by atoms with Gasteiger partial charge in [-0.05, 0) is 0 Å². The summed E-state index contributed by atoms with van der Waals surface area (Å²) >= 11 is 0. The summed E-state index contributed by atoms with van der Waals surface area (Å²) in [7, 11) is 0. The predicted molar refractivity (Wildman–Crippen MR) is 117 cm³/mol. The van der Waals surface area contributed by atoms with E-state index in [1.54, 1.807) is 27.7 Å². The number of nitrogens with one attached hydrogen (secondary N) is 1. The molecule has 1 N–H and O–H groups in total.